The van der Waals surface area contributed by atoms with Gasteiger partial charge in [-0.2, -0.15) is 4.98 Å². The Kier molecular flexibility index (Phi) is 5.14. The van der Waals surface area contributed by atoms with E-state index in [2.05, 4.69) is 15.5 Å². The second kappa shape index (κ2) is 7.72. The third-order valence-electron chi connectivity index (χ3n) is 4.36. The van der Waals surface area contributed by atoms with Crippen LogP contribution < -0.4 is 9.62 Å². The molecule has 8 nitrogen and oxygen atoms in total. The van der Waals surface area contributed by atoms with E-state index in [9.17, 15) is 13.2 Å². The molecule has 0 spiro atoms. The molecule has 0 saturated carbocycles. The molecule has 10 heteroatoms. The first-order valence-electron chi connectivity index (χ1n) is 8.78. The molecule has 1 aliphatic rings. The van der Waals surface area contributed by atoms with Crippen LogP contribution in [-0.4, -0.2) is 36.8 Å². The van der Waals surface area contributed by atoms with Crippen LogP contribution in [0.1, 0.15) is 29.1 Å². The first kappa shape index (κ1) is 18.6. The average Bonchev–Trinajstić information content (AvgIpc) is 3.37. The fourth-order valence-electron chi connectivity index (χ4n) is 2.97. The minimum absolute atomic E-state index is 0.0868. The van der Waals surface area contributed by atoms with Gasteiger partial charge < -0.3 is 9.84 Å². The molecular weight excluding hydrogens is 400 g/mol. The van der Waals surface area contributed by atoms with Crippen LogP contribution in [0, 0.1) is 0 Å². The molecule has 146 valence electrons. The number of rotatable bonds is 5. The number of sulfonamides is 1. The maximum Gasteiger partial charge on any atom is 0.251 e. The zero-order valence-electron chi connectivity index (χ0n) is 14.9. The Bertz CT molecular complexity index is 1080. The van der Waals surface area contributed by atoms with E-state index in [4.69, 9.17) is 4.52 Å². The number of carbonyl (C=O) groups is 1. The maximum atomic E-state index is 12.5. The predicted octanol–water partition coefficient (Wildman–Crippen LogP) is 2.66. The number of hydrogen-bond donors (Lipinski definition) is 1. The zero-order chi connectivity index (χ0) is 19.6. The number of thiophene rings is 1. The van der Waals surface area contributed by atoms with E-state index >= 15 is 0 Å². The van der Waals surface area contributed by atoms with Crippen LogP contribution in [0.15, 0.2) is 46.3 Å². The van der Waals surface area contributed by atoms with Gasteiger partial charge in [-0.1, -0.05) is 17.3 Å². The molecule has 2 aromatic heterocycles. The predicted molar refractivity (Wildman–Crippen MR) is 106 cm³/mol. The fourth-order valence-corrected chi connectivity index (χ4v) is 5.25. The Morgan fingerprint density at radius 3 is 2.93 bits per heavy atom. The van der Waals surface area contributed by atoms with Crippen molar-refractivity contribution in [1.82, 2.24) is 15.5 Å². The van der Waals surface area contributed by atoms with Gasteiger partial charge in [0.1, 0.15) is 0 Å². The molecule has 0 atom stereocenters. The van der Waals surface area contributed by atoms with E-state index in [1.54, 1.807) is 24.3 Å². The monoisotopic (exact) mass is 418 g/mol. The summed E-state index contributed by atoms with van der Waals surface area (Å²) >= 11 is 1.50. The van der Waals surface area contributed by atoms with Gasteiger partial charge in [-0.15, -0.1) is 11.3 Å². The Morgan fingerprint density at radius 1 is 1.25 bits per heavy atom. The molecule has 0 radical (unpaired) electrons. The van der Waals surface area contributed by atoms with Gasteiger partial charge >= 0.3 is 0 Å². The summed E-state index contributed by atoms with van der Waals surface area (Å²) in [5.74, 6) is 0.572. The molecule has 1 saturated heterocycles. The van der Waals surface area contributed by atoms with Crippen LogP contribution in [-0.2, 0) is 16.6 Å². The van der Waals surface area contributed by atoms with E-state index in [1.807, 2.05) is 17.5 Å². The van der Waals surface area contributed by atoms with Crippen LogP contribution in [0.2, 0.25) is 0 Å². The van der Waals surface area contributed by atoms with Crippen LogP contribution in [0.5, 0.6) is 0 Å². The molecule has 28 heavy (non-hydrogen) atoms. The van der Waals surface area contributed by atoms with E-state index in [0.717, 1.165) is 11.3 Å². The summed E-state index contributed by atoms with van der Waals surface area (Å²) in [6, 6.07) is 10.4. The summed E-state index contributed by atoms with van der Waals surface area (Å²) in [7, 11) is -3.32. The Balaban J connectivity index is 1.44. The summed E-state index contributed by atoms with van der Waals surface area (Å²) in [5, 5.41) is 8.54. The molecule has 1 aliphatic heterocycles. The number of benzene rings is 1. The normalized spacial score (nSPS) is 16.1. The van der Waals surface area contributed by atoms with Crippen LogP contribution in [0.4, 0.5) is 5.69 Å². The average molecular weight is 419 g/mol. The largest absolute Gasteiger partial charge is 0.343 e. The Morgan fingerprint density at radius 2 is 2.14 bits per heavy atom. The van der Waals surface area contributed by atoms with Gasteiger partial charge in [0.05, 0.1) is 22.9 Å². The van der Waals surface area contributed by atoms with Gasteiger partial charge in [0, 0.05) is 12.1 Å². The van der Waals surface area contributed by atoms with Gasteiger partial charge in [-0.05, 0) is 42.5 Å². The van der Waals surface area contributed by atoms with E-state index in [-0.39, 0.29) is 18.2 Å². The first-order chi connectivity index (χ1) is 13.5. The van der Waals surface area contributed by atoms with Crippen molar-refractivity contribution in [1.29, 1.82) is 0 Å². The van der Waals surface area contributed by atoms with Crippen molar-refractivity contribution in [2.45, 2.75) is 19.4 Å². The standard InChI is InChI=1S/C18H18N4O4S2/c23-18(19-12-16-20-17(21-26-16)15-7-4-9-27-15)13-5-3-6-14(11-13)22-8-1-2-10-28(22,24)25/h3-7,9,11H,1-2,8,10,12H2,(H,19,23). The summed E-state index contributed by atoms with van der Waals surface area (Å²) in [6.07, 6.45) is 1.47. The molecule has 1 aromatic carbocycles. The molecule has 1 fully saturated rings. The third-order valence-corrected chi connectivity index (χ3v) is 7.09. The van der Waals surface area contributed by atoms with E-state index in [1.165, 1.54) is 15.6 Å². The number of nitrogens with one attached hydrogen (secondary N) is 1. The third kappa shape index (κ3) is 3.92. The summed E-state index contributed by atoms with van der Waals surface area (Å²) in [4.78, 5) is 17.6. The molecule has 0 bridgehead atoms. The molecule has 1 amide bonds. The number of hydrogen-bond acceptors (Lipinski definition) is 7. The van der Waals surface area contributed by atoms with E-state index in [0.29, 0.717) is 35.9 Å². The molecule has 0 aliphatic carbocycles. The van der Waals surface area contributed by atoms with Gasteiger partial charge in [0.2, 0.25) is 21.7 Å². The van der Waals surface area contributed by atoms with Gasteiger partial charge in [0.15, 0.2) is 0 Å². The lowest BCUT2D eigenvalue weighted by Gasteiger charge is -2.28. The van der Waals surface area contributed by atoms with Crippen LogP contribution >= 0.6 is 11.3 Å². The highest BCUT2D eigenvalue weighted by molar-refractivity contribution is 7.92. The second-order valence-electron chi connectivity index (χ2n) is 6.32. The molecule has 1 N–H and O–H groups in total. The topological polar surface area (TPSA) is 105 Å². The van der Waals surface area contributed by atoms with Crippen molar-refractivity contribution < 1.29 is 17.7 Å². The van der Waals surface area contributed by atoms with Crippen molar-refractivity contribution in [2.75, 3.05) is 16.6 Å². The van der Waals surface area contributed by atoms with Crippen molar-refractivity contribution in [2.24, 2.45) is 0 Å². The number of carbonyl (C=O) groups excluding carboxylic acids is 1. The maximum absolute atomic E-state index is 12.5. The van der Waals surface area contributed by atoms with Crippen molar-refractivity contribution in [3.05, 3.63) is 53.2 Å². The van der Waals surface area contributed by atoms with Crippen molar-refractivity contribution >= 4 is 33.0 Å². The molecule has 4 rings (SSSR count). The smallest absolute Gasteiger partial charge is 0.251 e. The minimum Gasteiger partial charge on any atom is -0.343 e. The number of nitrogens with zero attached hydrogens (tertiary/aromatic N) is 3. The highest BCUT2D eigenvalue weighted by atomic mass is 32.2. The lowest BCUT2D eigenvalue weighted by Crippen LogP contribution is -2.38. The molecule has 0 unspecified atom stereocenters. The number of anilines is 1. The fraction of sp³-hybridized carbons (Fsp3) is 0.278. The summed E-state index contributed by atoms with van der Waals surface area (Å²) < 4.78 is 31.1. The molecule has 3 heterocycles. The van der Waals surface area contributed by atoms with Gasteiger partial charge in [0.25, 0.3) is 5.91 Å². The number of amides is 1. The van der Waals surface area contributed by atoms with Gasteiger partial charge in [-0.3, -0.25) is 9.10 Å². The Labute approximate surface area is 166 Å². The van der Waals surface area contributed by atoms with E-state index < -0.39 is 10.0 Å². The highest BCUT2D eigenvalue weighted by Crippen LogP contribution is 2.24. The van der Waals surface area contributed by atoms with Crippen LogP contribution in [0.25, 0.3) is 10.7 Å². The lowest BCUT2D eigenvalue weighted by molar-refractivity contribution is 0.0946. The summed E-state index contributed by atoms with van der Waals surface area (Å²) in [6.45, 7) is 0.518. The number of aromatic nitrogens is 2. The first-order valence-corrected chi connectivity index (χ1v) is 11.3. The second-order valence-corrected chi connectivity index (χ2v) is 9.28. The van der Waals surface area contributed by atoms with Gasteiger partial charge in [-0.25, -0.2) is 8.42 Å². The quantitative estimate of drug-likeness (QED) is 0.683. The zero-order valence-corrected chi connectivity index (χ0v) is 16.5. The molecular formula is C18H18N4O4S2. The molecule has 3 aromatic rings. The SMILES string of the molecule is O=C(NCc1nc(-c2cccs2)no1)c1cccc(N2CCCCS2(=O)=O)c1. The van der Waals surface area contributed by atoms with Crippen molar-refractivity contribution in [3.63, 3.8) is 0 Å². The summed E-state index contributed by atoms with van der Waals surface area (Å²) in [5.41, 5.74) is 0.876. The van der Waals surface area contributed by atoms with Crippen molar-refractivity contribution in [3.8, 4) is 10.7 Å². The van der Waals surface area contributed by atoms with Crippen LogP contribution in [0.3, 0.4) is 0 Å². The highest BCUT2D eigenvalue weighted by Gasteiger charge is 2.26. The Hall–Kier alpha value is -2.72. The lowest BCUT2D eigenvalue weighted by atomic mass is 10.2. The minimum atomic E-state index is -3.32.